The molecule has 0 spiro atoms. The molecule has 3 unspecified atom stereocenters. The molecule has 84 valence electrons. The Hall–Kier alpha value is -0.120. The van der Waals surface area contributed by atoms with Gasteiger partial charge in [0, 0.05) is 6.42 Å². The summed E-state index contributed by atoms with van der Waals surface area (Å²) in [7, 11) is 1.80. The van der Waals surface area contributed by atoms with E-state index < -0.39 is 0 Å². The summed E-state index contributed by atoms with van der Waals surface area (Å²) in [6, 6.07) is 0.160. The number of quaternary nitrogens is 1. The van der Waals surface area contributed by atoms with Crippen LogP contribution in [0.4, 0.5) is 0 Å². The van der Waals surface area contributed by atoms with Crippen LogP contribution >= 0.6 is 0 Å². The van der Waals surface area contributed by atoms with Crippen LogP contribution in [0, 0.1) is 5.21 Å². The van der Waals surface area contributed by atoms with Crippen molar-refractivity contribution in [3.05, 3.63) is 5.21 Å². The van der Waals surface area contributed by atoms with Gasteiger partial charge in [-0.25, -0.2) is 0 Å². The molecule has 0 aromatic carbocycles. The van der Waals surface area contributed by atoms with Crippen LogP contribution in [0.5, 0.6) is 0 Å². The number of morpholine rings is 1. The molecular weight excluding hydrogens is 178 g/mol. The molecule has 0 aromatic rings. The molecule has 1 aliphatic rings. The smallest absolute Gasteiger partial charge is 0.112 e. The highest BCUT2D eigenvalue weighted by molar-refractivity contribution is 4.69. The zero-order valence-corrected chi connectivity index (χ0v) is 9.66. The maximum absolute atomic E-state index is 12.2. The van der Waals surface area contributed by atoms with Crippen molar-refractivity contribution < 1.29 is 9.38 Å². The Labute approximate surface area is 87.2 Å². The van der Waals surface area contributed by atoms with Gasteiger partial charge >= 0.3 is 0 Å². The molecule has 1 heterocycles. The monoisotopic (exact) mass is 201 g/mol. The van der Waals surface area contributed by atoms with Crippen LogP contribution in [0.1, 0.15) is 39.5 Å². The summed E-state index contributed by atoms with van der Waals surface area (Å²) in [5.74, 6) is 0. The minimum atomic E-state index is -0.0987. The molecule has 0 aromatic heterocycles. The first-order valence-corrected chi connectivity index (χ1v) is 5.78. The maximum atomic E-state index is 12.2. The fourth-order valence-corrected chi connectivity index (χ4v) is 2.20. The van der Waals surface area contributed by atoms with Gasteiger partial charge in [0.2, 0.25) is 0 Å². The lowest BCUT2D eigenvalue weighted by atomic mass is 10.1. The lowest BCUT2D eigenvalue weighted by Gasteiger charge is -2.50. The number of ether oxygens (including phenoxy) is 1. The lowest BCUT2D eigenvalue weighted by molar-refractivity contribution is -0.899. The Balaban J connectivity index is 2.47. The lowest BCUT2D eigenvalue weighted by Crippen LogP contribution is -2.58. The largest absolute Gasteiger partial charge is 0.633 e. The van der Waals surface area contributed by atoms with Gasteiger partial charge < -0.3 is 14.6 Å². The van der Waals surface area contributed by atoms with Crippen LogP contribution in [0.2, 0.25) is 0 Å². The van der Waals surface area contributed by atoms with E-state index in [4.69, 9.17) is 4.74 Å². The summed E-state index contributed by atoms with van der Waals surface area (Å²) in [4.78, 5) is 0. The summed E-state index contributed by atoms with van der Waals surface area (Å²) < 4.78 is 5.60. The molecule has 1 aliphatic heterocycles. The number of likely N-dealkylation sites (N-methyl/N-ethyl adjacent to an activating group) is 1. The average Bonchev–Trinajstić information content (AvgIpc) is 2.10. The van der Waals surface area contributed by atoms with Crippen LogP contribution in [0.15, 0.2) is 0 Å². The van der Waals surface area contributed by atoms with Crippen LogP contribution in [0.3, 0.4) is 0 Å². The van der Waals surface area contributed by atoms with Crippen molar-refractivity contribution in [2.24, 2.45) is 0 Å². The van der Waals surface area contributed by atoms with E-state index in [1.807, 2.05) is 0 Å². The standard InChI is InChI=1S/C11H23NO2/c1-4-6-10-9-14-11(7-5-2)8-12(10,3)13/h10-11H,4-9H2,1-3H3. The molecule has 0 amide bonds. The van der Waals surface area contributed by atoms with E-state index in [1.165, 1.54) is 0 Å². The Morgan fingerprint density at radius 2 is 1.93 bits per heavy atom. The van der Waals surface area contributed by atoms with E-state index in [9.17, 15) is 5.21 Å². The van der Waals surface area contributed by atoms with E-state index in [-0.39, 0.29) is 16.8 Å². The molecule has 0 aliphatic carbocycles. The molecule has 1 rings (SSSR count). The Kier molecular flexibility index (Phi) is 4.35. The number of hydrogen-bond donors (Lipinski definition) is 0. The summed E-state index contributed by atoms with van der Waals surface area (Å²) >= 11 is 0. The Bertz CT molecular complexity index is 171. The van der Waals surface area contributed by atoms with Gasteiger partial charge in [0.25, 0.3) is 0 Å². The first-order chi connectivity index (χ1) is 6.60. The van der Waals surface area contributed by atoms with Crippen LogP contribution in [0.25, 0.3) is 0 Å². The molecular formula is C11H23NO2. The summed E-state index contributed by atoms with van der Waals surface area (Å²) in [6.07, 6.45) is 4.37. The second kappa shape index (κ2) is 5.10. The van der Waals surface area contributed by atoms with Crippen molar-refractivity contribution in [2.75, 3.05) is 20.2 Å². The fourth-order valence-electron chi connectivity index (χ4n) is 2.20. The topological polar surface area (TPSA) is 32.3 Å². The van der Waals surface area contributed by atoms with Crippen molar-refractivity contribution in [3.8, 4) is 0 Å². The molecule has 3 nitrogen and oxygen atoms in total. The fraction of sp³-hybridized carbons (Fsp3) is 1.00. The third kappa shape index (κ3) is 2.94. The summed E-state index contributed by atoms with van der Waals surface area (Å²) in [6.45, 7) is 5.55. The minimum Gasteiger partial charge on any atom is -0.633 e. The van der Waals surface area contributed by atoms with E-state index in [2.05, 4.69) is 13.8 Å². The summed E-state index contributed by atoms with van der Waals surface area (Å²) in [5.41, 5.74) is 0. The maximum Gasteiger partial charge on any atom is 0.112 e. The Morgan fingerprint density at radius 1 is 1.29 bits per heavy atom. The number of hydroxylamine groups is 3. The molecule has 0 N–H and O–H groups in total. The van der Waals surface area contributed by atoms with Gasteiger partial charge in [-0.3, -0.25) is 0 Å². The van der Waals surface area contributed by atoms with E-state index in [1.54, 1.807) is 7.05 Å². The van der Waals surface area contributed by atoms with Gasteiger partial charge in [0.15, 0.2) is 0 Å². The third-order valence-corrected chi connectivity index (χ3v) is 3.10. The van der Waals surface area contributed by atoms with Gasteiger partial charge in [-0.15, -0.1) is 0 Å². The number of hydrogen-bond acceptors (Lipinski definition) is 2. The van der Waals surface area contributed by atoms with Crippen molar-refractivity contribution in [1.82, 2.24) is 0 Å². The van der Waals surface area contributed by atoms with Crippen molar-refractivity contribution in [2.45, 2.75) is 51.7 Å². The SMILES string of the molecule is CCCC1C[N+](C)([O-])C(CCC)CO1. The average molecular weight is 201 g/mol. The van der Waals surface area contributed by atoms with Gasteiger partial charge in [0.05, 0.1) is 13.7 Å². The van der Waals surface area contributed by atoms with Gasteiger partial charge in [-0.2, -0.15) is 0 Å². The van der Waals surface area contributed by atoms with Crippen molar-refractivity contribution in [1.29, 1.82) is 0 Å². The van der Waals surface area contributed by atoms with E-state index >= 15 is 0 Å². The zero-order chi connectivity index (χ0) is 10.6. The highest BCUT2D eigenvalue weighted by Crippen LogP contribution is 2.23. The second-order valence-corrected chi connectivity index (χ2v) is 4.54. The molecule has 1 saturated heterocycles. The molecule has 0 bridgehead atoms. The highest BCUT2D eigenvalue weighted by Gasteiger charge is 2.33. The van der Waals surface area contributed by atoms with E-state index in [0.717, 1.165) is 25.7 Å². The van der Waals surface area contributed by atoms with Crippen LogP contribution in [-0.4, -0.2) is 37.0 Å². The predicted octanol–water partition coefficient (Wildman–Crippen LogP) is 2.30. The van der Waals surface area contributed by atoms with E-state index in [0.29, 0.717) is 13.2 Å². The molecule has 3 heteroatoms. The molecule has 3 atom stereocenters. The molecule has 14 heavy (non-hydrogen) atoms. The normalized spacial score (nSPS) is 38.6. The first kappa shape index (κ1) is 12.0. The molecule has 0 saturated carbocycles. The van der Waals surface area contributed by atoms with Crippen LogP contribution in [-0.2, 0) is 4.74 Å². The van der Waals surface area contributed by atoms with Crippen molar-refractivity contribution in [3.63, 3.8) is 0 Å². The number of nitrogens with zero attached hydrogens (tertiary/aromatic N) is 1. The van der Waals surface area contributed by atoms with Gasteiger partial charge in [-0.1, -0.05) is 26.7 Å². The van der Waals surface area contributed by atoms with Crippen molar-refractivity contribution >= 4 is 0 Å². The summed E-state index contributed by atoms with van der Waals surface area (Å²) in [5, 5.41) is 12.2. The number of rotatable bonds is 4. The van der Waals surface area contributed by atoms with Gasteiger partial charge in [0.1, 0.15) is 18.7 Å². The molecule has 0 radical (unpaired) electrons. The first-order valence-electron chi connectivity index (χ1n) is 5.78. The minimum absolute atomic E-state index is 0.0987. The zero-order valence-electron chi connectivity index (χ0n) is 9.66. The quantitative estimate of drug-likeness (QED) is 0.516. The molecule has 1 fully saturated rings. The highest BCUT2D eigenvalue weighted by atomic mass is 16.6. The third-order valence-electron chi connectivity index (χ3n) is 3.10. The van der Waals surface area contributed by atoms with Crippen LogP contribution < -0.4 is 0 Å². The predicted molar refractivity (Wildman–Crippen MR) is 57.8 cm³/mol. The Morgan fingerprint density at radius 3 is 2.43 bits per heavy atom. The second-order valence-electron chi connectivity index (χ2n) is 4.54. The van der Waals surface area contributed by atoms with Gasteiger partial charge in [-0.05, 0) is 6.42 Å².